The maximum Gasteiger partial charge on any atom is 0.335 e. The van der Waals surface area contributed by atoms with E-state index in [0.29, 0.717) is 32.3 Å². The van der Waals surface area contributed by atoms with Gasteiger partial charge in [0.25, 0.3) is 5.91 Å². The van der Waals surface area contributed by atoms with Crippen LogP contribution in [0, 0.1) is 0 Å². The van der Waals surface area contributed by atoms with Crippen LogP contribution in [0.25, 0.3) is 11.3 Å². The number of ether oxygens (including phenoxy) is 1. The Morgan fingerprint density at radius 3 is 2.79 bits per heavy atom. The lowest BCUT2D eigenvalue weighted by molar-refractivity contribution is -0.123. The summed E-state index contributed by atoms with van der Waals surface area (Å²) in [6, 6.07) is 14.7. The minimum Gasteiger partial charge on any atom is -0.483 e. The lowest BCUT2D eigenvalue weighted by Gasteiger charge is -2.07. The number of amides is 1. The quantitative estimate of drug-likeness (QED) is 0.383. The van der Waals surface area contributed by atoms with E-state index in [1.807, 2.05) is 0 Å². The van der Waals surface area contributed by atoms with Crippen LogP contribution < -0.4 is 10.2 Å². The molecule has 1 aromatic heterocycles. The molecule has 7 nitrogen and oxygen atoms in total. The molecule has 148 valence electrons. The van der Waals surface area contributed by atoms with Gasteiger partial charge in [0.1, 0.15) is 17.3 Å². The maximum absolute atomic E-state index is 11.8. The first-order valence-corrected chi connectivity index (χ1v) is 9.43. The van der Waals surface area contributed by atoms with E-state index >= 15 is 0 Å². The van der Waals surface area contributed by atoms with Crippen molar-refractivity contribution in [2.24, 2.45) is 5.10 Å². The van der Waals surface area contributed by atoms with Crippen LogP contribution in [0.3, 0.4) is 0 Å². The molecule has 1 amide bonds. The van der Waals surface area contributed by atoms with Gasteiger partial charge in [-0.3, -0.25) is 4.79 Å². The number of nitrogens with zero attached hydrogens (tertiary/aromatic N) is 1. The molecule has 0 fully saturated rings. The zero-order valence-electron chi connectivity index (χ0n) is 14.8. The summed E-state index contributed by atoms with van der Waals surface area (Å²) in [6.07, 6.45) is 1.33. The molecule has 0 bridgehead atoms. The first-order valence-electron chi connectivity index (χ1n) is 8.25. The van der Waals surface area contributed by atoms with Crippen molar-refractivity contribution in [1.29, 1.82) is 0 Å². The highest BCUT2D eigenvalue weighted by atomic mass is 79.9. The summed E-state index contributed by atoms with van der Waals surface area (Å²) in [5.74, 6) is -0.119. The molecule has 29 heavy (non-hydrogen) atoms. The Morgan fingerprint density at radius 2 is 2.03 bits per heavy atom. The Balaban J connectivity index is 1.55. The first-order chi connectivity index (χ1) is 13.9. The molecule has 0 unspecified atom stereocenters. The van der Waals surface area contributed by atoms with Gasteiger partial charge in [-0.05, 0) is 58.4 Å². The SMILES string of the molecule is O=C(COc1ccc(Cl)cc1Br)N/N=C\c1ccc(-c2cccc(C(=O)O)c2)o1. The number of hydrogen-bond acceptors (Lipinski definition) is 5. The van der Waals surface area contributed by atoms with E-state index in [-0.39, 0.29) is 12.2 Å². The molecule has 0 spiro atoms. The second-order valence-electron chi connectivity index (χ2n) is 5.74. The molecule has 1 heterocycles. The fourth-order valence-corrected chi connectivity index (χ4v) is 3.12. The topological polar surface area (TPSA) is 101 Å². The van der Waals surface area contributed by atoms with Crippen LogP contribution in [0.1, 0.15) is 16.1 Å². The van der Waals surface area contributed by atoms with Gasteiger partial charge in [0, 0.05) is 10.6 Å². The van der Waals surface area contributed by atoms with Crippen LogP contribution in [0.15, 0.2) is 68.6 Å². The van der Waals surface area contributed by atoms with Gasteiger partial charge in [0.15, 0.2) is 6.61 Å². The molecular formula is C20H14BrClN2O5. The van der Waals surface area contributed by atoms with Crippen molar-refractivity contribution < 1.29 is 23.8 Å². The summed E-state index contributed by atoms with van der Waals surface area (Å²) in [5.41, 5.74) is 3.11. The Kier molecular flexibility index (Phi) is 6.69. The Labute approximate surface area is 179 Å². The van der Waals surface area contributed by atoms with Crippen LogP contribution in [0.2, 0.25) is 5.02 Å². The highest BCUT2D eigenvalue weighted by molar-refractivity contribution is 9.10. The van der Waals surface area contributed by atoms with Crippen molar-refractivity contribution in [3.8, 4) is 17.1 Å². The number of carboxylic acids is 1. The number of benzene rings is 2. The van der Waals surface area contributed by atoms with Crippen LogP contribution in [0.5, 0.6) is 5.75 Å². The number of halogens is 2. The normalized spacial score (nSPS) is 10.8. The number of hydrazone groups is 1. The van der Waals surface area contributed by atoms with Crippen LogP contribution in [-0.4, -0.2) is 29.8 Å². The van der Waals surface area contributed by atoms with Crippen molar-refractivity contribution in [2.75, 3.05) is 6.61 Å². The zero-order chi connectivity index (χ0) is 20.8. The first kappa shape index (κ1) is 20.6. The molecule has 3 rings (SSSR count). The van der Waals surface area contributed by atoms with Gasteiger partial charge in [0.05, 0.1) is 16.3 Å². The average Bonchev–Trinajstić information content (AvgIpc) is 3.16. The standard InChI is InChI=1S/C20H14BrClN2O5/c21-16-9-14(22)4-6-18(16)28-11-19(25)24-23-10-15-5-7-17(29-15)12-2-1-3-13(8-12)20(26)27/h1-10H,11H2,(H,24,25)(H,26,27)/b23-10-. The molecule has 9 heteroatoms. The van der Waals surface area contributed by atoms with E-state index in [1.54, 1.807) is 42.5 Å². The molecule has 2 N–H and O–H groups in total. The smallest absolute Gasteiger partial charge is 0.335 e. The van der Waals surface area contributed by atoms with E-state index in [2.05, 4.69) is 26.5 Å². The van der Waals surface area contributed by atoms with Gasteiger partial charge >= 0.3 is 5.97 Å². The maximum atomic E-state index is 11.8. The Hall–Kier alpha value is -3.10. The van der Waals surface area contributed by atoms with Gasteiger partial charge in [-0.1, -0.05) is 23.7 Å². The van der Waals surface area contributed by atoms with Gasteiger partial charge < -0.3 is 14.3 Å². The van der Waals surface area contributed by atoms with Crippen molar-refractivity contribution in [1.82, 2.24) is 5.43 Å². The zero-order valence-corrected chi connectivity index (χ0v) is 17.1. The van der Waals surface area contributed by atoms with Crippen molar-refractivity contribution in [3.63, 3.8) is 0 Å². The van der Waals surface area contributed by atoms with Gasteiger partial charge in [-0.25, -0.2) is 10.2 Å². The van der Waals surface area contributed by atoms with Gasteiger partial charge in [-0.2, -0.15) is 5.10 Å². The molecule has 2 aromatic carbocycles. The van der Waals surface area contributed by atoms with Crippen molar-refractivity contribution in [2.45, 2.75) is 0 Å². The summed E-state index contributed by atoms with van der Waals surface area (Å²) in [5, 5.41) is 13.4. The van der Waals surface area contributed by atoms with Crippen LogP contribution in [0.4, 0.5) is 0 Å². The molecule has 3 aromatic rings. The van der Waals surface area contributed by atoms with Crippen molar-refractivity contribution >= 4 is 45.6 Å². The Morgan fingerprint density at radius 1 is 1.21 bits per heavy atom. The molecular weight excluding hydrogens is 464 g/mol. The predicted molar refractivity (Wildman–Crippen MR) is 111 cm³/mol. The van der Waals surface area contributed by atoms with Gasteiger partial charge in [0.2, 0.25) is 0 Å². The third kappa shape index (κ3) is 5.69. The third-order valence-corrected chi connectivity index (χ3v) is 4.51. The van der Waals surface area contributed by atoms with E-state index in [9.17, 15) is 9.59 Å². The summed E-state index contributed by atoms with van der Waals surface area (Å²) >= 11 is 9.15. The number of hydrogen-bond donors (Lipinski definition) is 2. The van der Waals surface area contributed by atoms with E-state index < -0.39 is 11.9 Å². The second-order valence-corrected chi connectivity index (χ2v) is 7.04. The molecule has 0 aliphatic rings. The minimum atomic E-state index is -1.02. The van der Waals surface area contributed by atoms with E-state index in [1.165, 1.54) is 18.3 Å². The Bertz CT molecular complexity index is 1080. The number of furan rings is 1. The number of carbonyl (C=O) groups excluding carboxylic acids is 1. The van der Waals surface area contributed by atoms with Crippen molar-refractivity contribution in [3.05, 3.63) is 75.4 Å². The average molecular weight is 478 g/mol. The summed E-state index contributed by atoms with van der Waals surface area (Å²) in [6.45, 7) is -0.233. The molecule has 0 saturated heterocycles. The molecule has 0 aliphatic heterocycles. The highest BCUT2D eigenvalue weighted by Crippen LogP contribution is 2.27. The fraction of sp³-hybridized carbons (Fsp3) is 0.0500. The number of carbonyl (C=O) groups is 2. The van der Waals surface area contributed by atoms with Gasteiger partial charge in [-0.15, -0.1) is 0 Å². The molecule has 0 aliphatic carbocycles. The molecule has 0 saturated carbocycles. The summed E-state index contributed by atoms with van der Waals surface area (Å²) < 4.78 is 11.6. The largest absolute Gasteiger partial charge is 0.483 e. The molecule has 0 radical (unpaired) electrons. The second kappa shape index (κ2) is 9.40. The number of nitrogens with one attached hydrogen (secondary N) is 1. The number of carboxylic acid groups (broad SMARTS) is 1. The van der Waals surface area contributed by atoms with E-state index in [0.717, 1.165) is 0 Å². The van der Waals surface area contributed by atoms with Crippen LogP contribution >= 0.6 is 27.5 Å². The molecule has 0 atom stereocenters. The summed E-state index contributed by atoms with van der Waals surface area (Å²) in [7, 11) is 0. The number of rotatable bonds is 7. The summed E-state index contributed by atoms with van der Waals surface area (Å²) in [4.78, 5) is 22.9. The van der Waals surface area contributed by atoms with E-state index in [4.69, 9.17) is 25.9 Å². The van der Waals surface area contributed by atoms with Crippen LogP contribution in [-0.2, 0) is 4.79 Å². The lowest BCUT2D eigenvalue weighted by Crippen LogP contribution is -2.24. The lowest BCUT2D eigenvalue weighted by atomic mass is 10.1. The predicted octanol–water partition coefficient (Wildman–Crippen LogP) is 4.59. The third-order valence-electron chi connectivity index (χ3n) is 3.65. The highest BCUT2D eigenvalue weighted by Gasteiger charge is 2.08. The monoisotopic (exact) mass is 476 g/mol. The number of aromatic carboxylic acids is 1. The fourth-order valence-electron chi connectivity index (χ4n) is 2.32. The minimum absolute atomic E-state index is 0.161.